The van der Waals surface area contributed by atoms with Gasteiger partial charge >= 0.3 is 5.97 Å². The summed E-state index contributed by atoms with van der Waals surface area (Å²) in [6.45, 7) is 6.98. The van der Waals surface area contributed by atoms with E-state index in [1.54, 1.807) is 0 Å². The molecule has 4 atom stereocenters. The molecule has 3 fully saturated rings. The fraction of sp³-hybridized carbons (Fsp3) is 0.941. The molecule has 3 rings (SSSR count). The highest BCUT2D eigenvalue weighted by Gasteiger charge is 2.47. The van der Waals surface area contributed by atoms with Gasteiger partial charge < -0.3 is 10.0 Å². The largest absolute Gasteiger partial charge is 0.480 e. The van der Waals surface area contributed by atoms with Gasteiger partial charge in [-0.05, 0) is 63.3 Å². The van der Waals surface area contributed by atoms with Crippen molar-refractivity contribution in [1.82, 2.24) is 10.2 Å². The predicted molar refractivity (Wildman–Crippen MR) is 83.3 cm³/mol. The van der Waals surface area contributed by atoms with Gasteiger partial charge in [-0.25, -0.2) is 0 Å². The van der Waals surface area contributed by atoms with Gasteiger partial charge in [-0.3, -0.25) is 10.1 Å². The molecule has 2 aliphatic carbocycles. The van der Waals surface area contributed by atoms with Gasteiger partial charge in [-0.2, -0.15) is 0 Å². The molecule has 2 N–H and O–H groups in total. The Morgan fingerprint density at radius 1 is 1.19 bits per heavy atom. The number of hydrogen-bond donors (Lipinski definition) is 2. The Morgan fingerprint density at radius 2 is 1.95 bits per heavy atom. The molecular weight excluding hydrogens is 264 g/mol. The number of nitrogens with zero attached hydrogens (tertiary/aromatic N) is 1. The summed E-state index contributed by atoms with van der Waals surface area (Å²) in [4.78, 5) is 14.5. The van der Waals surface area contributed by atoms with Crippen LogP contribution in [0.5, 0.6) is 0 Å². The van der Waals surface area contributed by atoms with Crippen molar-refractivity contribution in [3.8, 4) is 0 Å². The molecule has 0 bridgehead atoms. The van der Waals surface area contributed by atoms with Crippen LogP contribution in [0.15, 0.2) is 0 Å². The molecule has 0 amide bonds. The molecule has 3 aliphatic rings. The third kappa shape index (κ3) is 3.26. The quantitative estimate of drug-likeness (QED) is 0.836. The van der Waals surface area contributed by atoms with E-state index in [-0.39, 0.29) is 0 Å². The molecule has 120 valence electrons. The highest BCUT2D eigenvalue weighted by atomic mass is 16.4. The molecule has 0 spiro atoms. The third-order valence-electron chi connectivity index (χ3n) is 6.07. The molecular formula is C17H30N2O2. The number of carboxylic acids is 1. The molecule has 1 saturated heterocycles. The minimum absolute atomic E-state index is 0.455. The van der Waals surface area contributed by atoms with Crippen LogP contribution in [0.4, 0.5) is 0 Å². The zero-order valence-electron chi connectivity index (χ0n) is 13.5. The highest BCUT2D eigenvalue weighted by Crippen LogP contribution is 2.36. The van der Waals surface area contributed by atoms with Crippen molar-refractivity contribution in [3.05, 3.63) is 0 Å². The lowest BCUT2D eigenvalue weighted by molar-refractivity contribution is -0.147. The maximum absolute atomic E-state index is 11.9. The van der Waals surface area contributed by atoms with Gasteiger partial charge in [0.05, 0.1) is 0 Å². The Hall–Kier alpha value is -0.610. The summed E-state index contributed by atoms with van der Waals surface area (Å²) in [6.07, 6.45) is 7.36. The number of piperidine rings is 1. The van der Waals surface area contributed by atoms with Crippen molar-refractivity contribution in [3.63, 3.8) is 0 Å². The lowest BCUT2D eigenvalue weighted by Crippen LogP contribution is -2.60. The van der Waals surface area contributed by atoms with E-state index < -0.39 is 11.5 Å². The van der Waals surface area contributed by atoms with Crippen molar-refractivity contribution < 1.29 is 9.90 Å². The normalized spacial score (nSPS) is 41.9. The lowest BCUT2D eigenvalue weighted by Gasteiger charge is -2.46. The van der Waals surface area contributed by atoms with Gasteiger partial charge in [-0.15, -0.1) is 0 Å². The van der Waals surface area contributed by atoms with E-state index in [4.69, 9.17) is 0 Å². The summed E-state index contributed by atoms with van der Waals surface area (Å²) in [5, 5.41) is 13.3. The molecule has 1 heterocycles. The SMILES string of the molecule is CC1CCN(C2CCCC(NC3CC3)(C(=O)O)C2)CC1C. The number of hydrogen-bond acceptors (Lipinski definition) is 3. The second-order valence-corrected chi connectivity index (χ2v) is 7.79. The predicted octanol–water partition coefficient (Wildman–Crippen LogP) is 2.48. The first-order valence-corrected chi connectivity index (χ1v) is 8.75. The summed E-state index contributed by atoms with van der Waals surface area (Å²) in [5.41, 5.74) is -0.656. The molecule has 0 radical (unpaired) electrons. The second-order valence-electron chi connectivity index (χ2n) is 7.79. The van der Waals surface area contributed by atoms with Gasteiger partial charge in [0.1, 0.15) is 5.54 Å². The van der Waals surface area contributed by atoms with Crippen LogP contribution in [0.25, 0.3) is 0 Å². The Kier molecular flexibility index (Phi) is 4.28. The molecule has 0 aromatic rings. The van der Waals surface area contributed by atoms with Crippen LogP contribution < -0.4 is 5.32 Å². The van der Waals surface area contributed by atoms with Gasteiger partial charge in [0.15, 0.2) is 0 Å². The van der Waals surface area contributed by atoms with Crippen molar-refractivity contribution >= 4 is 5.97 Å². The summed E-state index contributed by atoms with van der Waals surface area (Å²) < 4.78 is 0. The fourth-order valence-corrected chi connectivity index (χ4v) is 4.19. The minimum atomic E-state index is -0.656. The second kappa shape index (κ2) is 5.88. The summed E-state index contributed by atoms with van der Waals surface area (Å²) >= 11 is 0. The zero-order valence-corrected chi connectivity index (χ0v) is 13.5. The lowest BCUT2D eigenvalue weighted by atomic mass is 9.77. The van der Waals surface area contributed by atoms with Gasteiger partial charge in [-0.1, -0.05) is 13.8 Å². The highest BCUT2D eigenvalue weighted by molar-refractivity contribution is 5.79. The average Bonchev–Trinajstić information content (AvgIpc) is 3.26. The fourth-order valence-electron chi connectivity index (χ4n) is 4.19. The maximum atomic E-state index is 11.9. The molecule has 4 unspecified atom stereocenters. The Bertz CT molecular complexity index is 396. The third-order valence-corrected chi connectivity index (χ3v) is 6.07. The van der Waals surface area contributed by atoms with Crippen LogP contribution in [0.1, 0.15) is 58.8 Å². The van der Waals surface area contributed by atoms with Crippen molar-refractivity contribution in [2.24, 2.45) is 11.8 Å². The van der Waals surface area contributed by atoms with Crippen LogP contribution >= 0.6 is 0 Å². The van der Waals surface area contributed by atoms with Gasteiger partial charge in [0, 0.05) is 18.6 Å². The molecule has 21 heavy (non-hydrogen) atoms. The van der Waals surface area contributed by atoms with E-state index in [0.29, 0.717) is 12.1 Å². The van der Waals surface area contributed by atoms with E-state index in [2.05, 4.69) is 24.1 Å². The van der Waals surface area contributed by atoms with Crippen molar-refractivity contribution in [2.45, 2.75) is 76.4 Å². The zero-order chi connectivity index (χ0) is 15.0. The first-order chi connectivity index (χ1) is 10.00. The van der Waals surface area contributed by atoms with Crippen LogP contribution in [0, 0.1) is 11.8 Å². The molecule has 0 aromatic carbocycles. The van der Waals surface area contributed by atoms with Crippen molar-refractivity contribution in [1.29, 1.82) is 0 Å². The van der Waals surface area contributed by atoms with E-state index in [1.807, 2.05) is 0 Å². The maximum Gasteiger partial charge on any atom is 0.323 e. The van der Waals surface area contributed by atoms with E-state index in [0.717, 1.165) is 57.0 Å². The van der Waals surface area contributed by atoms with E-state index in [9.17, 15) is 9.90 Å². The Morgan fingerprint density at radius 3 is 2.57 bits per heavy atom. The molecule has 2 saturated carbocycles. The summed E-state index contributed by atoms with van der Waals surface area (Å²) in [6, 6.07) is 0.913. The summed E-state index contributed by atoms with van der Waals surface area (Å²) in [7, 11) is 0. The number of carboxylic acid groups (broad SMARTS) is 1. The Labute approximate surface area is 128 Å². The van der Waals surface area contributed by atoms with Crippen LogP contribution in [-0.4, -0.2) is 46.7 Å². The van der Waals surface area contributed by atoms with Crippen LogP contribution in [0.3, 0.4) is 0 Å². The molecule has 4 nitrogen and oxygen atoms in total. The van der Waals surface area contributed by atoms with E-state index in [1.165, 1.54) is 12.8 Å². The number of nitrogens with one attached hydrogen (secondary N) is 1. The number of carbonyl (C=O) groups is 1. The first kappa shape index (κ1) is 15.3. The molecule has 4 heteroatoms. The topological polar surface area (TPSA) is 52.6 Å². The van der Waals surface area contributed by atoms with Crippen molar-refractivity contribution in [2.75, 3.05) is 13.1 Å². The first-order valence-electron chi connectivity index (χ1n) is 8.75. The van der Waals surface area contributed by atoms with Crippen LogP contribution in [0.2, 0.25) is 0 Å². The number of likely N-dealkylation sites (tertiary alicyclic amines) is 1. The minimum Gasteiger partial charge on any atom is -0.480 e. The number of rotatable bonds is 4. The average molecular weight is 294 g/mol. The van der Waals surface area contributed by atoms with Gasteiger partial charge in [0.25, 0.3) is 0 Å². The van der Waals surface area contributed by atoms with Gasteiger partial charge in [0.2, 0.25) is 0 Å². The smallest absolute Gasteiger partial charge is 0.323 e. The monoisotopic (exact) mass is 294 g/mol. The van der Waals surface area contributed by atoms with E-state index >= 15 is 0 Å². The number of aliphatic carboxylic acids is 1. The Balaban J connectivity index is 1.67. The standard InChI is InChI=1S/C17H30N2O2/c1-12-7-9-19(11-13(12)2)15-4-3-8-17(10-15,16(20)21)18-14-5-6-14/h12-15,18H,3-11H2,1-2H3,(H,20,21). The van der Waals surface area contributed by atoms with Crippen LogP contribution in [-0.2, 0) is 4.79 Å². The molecule has 1 aliphatic heterocycles. The molecule has 0 aromatic heterocycles. The summed E-state index contributed by atoms with van der Waals surface area (Å²) in [5.74, 6) is 0.910.